The van der Waals surface area contributed by atoms with Crippen LogP contribution in [-0.4, -0.2) is 0 Å². The number of nitriles is 1. The maximum Gasteiger partial charge on any atom is 0.0991 e. The highest BCUT2D eigenvalue weighted by molar-refractivity contribution is 5.82. The molecule has 0 unspecified atom stereocenters. The summed E-state index contributed by atoms with van der Waals surface area (Å²) in [5.74, 6) is 0. The largest absolute Gasteiger partial charge is 0.192 e. The molecule has 0 saturated heterocycles. The van der Waals surface area contributed by atoms with E-state index in [4.69, 9.17) is 0 Å². The van der Waals surface area contributed by atoms with Gasteiger partial charge in [-0.1, -0.05) is 95.0 Å². The number of rotatable bonds is 10. The molecule has 0 atom stereocenters. The van der Waals surface area contributed by atoms with Crippen LogP contribution in [0.15, 0.2) is 36.4 Å². The molecular formula is C27H35N. The molecule has 2 aromatic carbocycles. The van der Waals surface area contributed by atoms with Crippen LogP contribution in [-0.2, 0) is 5.41 Å². The summed E-state index contributed by atoms with van der Waals surface area (Å²) in [4.78, 5) is 0. The second-order valence-electron chi connectivity index (χ2n) is 8.62. The number of aryl methyl sites for hydroxylation is 1. The molecule has 0 radical (unpaired) electrons. The van der Waals surface area contributed by atoms with Gasteiger partial charge in [-0.2, -0.15) is 5.26 Å². The van der Waals surface area contributed by atoms with Crippen molar-refractivity contribution in [1.82, 2.24) is 0 Å². The Balaban J connectivity index is 2.06. The van der Waals surface area contributed by atoms with Crippen molar-refractivity contribution >= 4 is 0 Å². The van der Waals surface area contributed by atoms with Gasteiger partial charge in [-0.25, -0.2) is 0 Å². The Labute approximate surface area is 171 Å². The van der Waals surface area contributed by atoms with E-state index in [-0.39, 0.29) is 5.41 Å². The second kappa shape index (κ2) is 9.42. The number of hydrogen-bond donors (Lipinski definition) is 0. The molecule has 0 spiro atoms. The first-order chi connectivity index (χ1) is 13.7. The quantitative estimate of drug-likeness (QED) is 0.386. The predicted octanol–water partition coefficient (Wildman–Crippen LogP) is 8.07. The summed E-state index contributed by atoms with van der Waals surface area (Å²) in [5.41, 5.74) is 7.93. The predicted molar refractivity (Wildman–Crippen MR) is 120 cm³/mol. The average Bonchev–Trinajstić information content (AvgIpc) is 2.97. The van der Waals surface area contributed by atoms with Gasteiger partial charge in [-0.3, -0.25) is 0 Å². The fourth-order valence-corrected chi connectivity index (χ4v) is 5.05. The van der Waals surface area contributed by atoms with Crippen molar-refractivity contribution in [3.05, 3.63) is 58.7 Å². The Morgan fingerprint density at radius 3 is 1.89 bits per heavy atom. The molecule has 0 saturated carbocycles. The van der Waals surface area contributed by atoms with E-state index in [9.17, 15) is 5.26 Å². The standard InChI is InChI=1S/C27H35N/c1-4-6-8-10-16-27(17-11-9-7-5-2)25-18-21(3)12-14-23(25)24-15-13-22(20-28)19-26(24)27/h12-15,18-19H,4-11,16-17H2,1-3H3. The average molecular weight is 374 g/mol. The molecule has 0 fully saturated rings. The molecule has 0 amide bonds. The van der Waals surface area contributed by atoms with Crippen molar-refractivity contribution in [1.29, 1.82) is 5.26 Å². The second-order valence-corrected chi connectivity index (χ2v) is 8.62. The summed E-state index contributed by atoms with van der Waals surface area (Å²) in [5, 5.41) is 9.54. The molecule has 1 nitrogen and oxygen atoms in total. The topological polar surface area (TPSA) is 23.8 Å². The highest BCUT2D eigenvalue weighted by Crippen LogP contribution is 2.54. The van der Waals surface area contributed by atoms with Crippen molar-refractivity contribution in [2.24, 2.45) is 0 Å². The van der Waals surface area contributed by atoms with E-state index in [2.05, 4.69) is 57.2 Å². The van der Waals surface area contributed by atoms with Gasteiger partial charge in [0.1, 0.15) is 0 Å². The lowest BCUT2D eigenvalue weighted by Gasteiger charge is -2.33. The highest BCUT2D eigenvalue weighted by atomic mass is 14.4. The Kier molecular flexibility index (Phi) is 6.95. The van der Waals surface area contributed by atoms with E-state index in [1.807, 2.05) is 6.07 Å². The first-order valence-corrected chi connectivity index (χ1v) is 11.3. The van der Waals surface area contributed by atoms with E-state index >= 15 is 0 Å². The van der Waals surface area contributed by atoms with Gasteiger partial charge in [-0.05, 0) is 54.2 Å². The number of nitrogens with zero attached hydrogens (tertiary/aromatic N) is 1. The van der Waals surface area contributed by atoms with Crippen molar-refractivity contribution in [3.8, 4) is 17.2 Å². The van der Waals surface area contributed by atoms with Gasteiger partial charge in [0.25, 0.3) is 0 Å². The molecule has 0 aliphatic heterocycles. The minimum Gasteiger partial charge on any atom is -0.192 e. The Hall–Kier alpha value is -2.07. The number of fused-ring (bicyclic) bond motifs is 3. The number of benzene rings is 2. The maximum atomic E-state index is 9.54. The lowest BCUT2D eigenvalue weighted by molar-refractivity contribution is 0.401. The van der Waals surface area contributed by atoms with Gasteiger partial charge >= 0.3 is 0 Å². The van der Waals surface area contributed by atoms with Crippen LogP contribution < -0.4 is 0 Å². The van der Waals surface area contributed by atoms with E-state index < -0.39 is 0 Å². The molecule has 3 rings (SSSR count). The van der Waals surface area contributed by atoms with Crippen molar-refractivity contribution < 1.29 is 0 Å². The van der Waals surface area contributed by atoms with Gasteiger partial charge in [0.15, 0.2) is 0 Å². The lowest BCUT2D eigenvalue weighted by atomic mass is 9.70. The molecule has 1 heteroatoms. The third-order valence-corrected chi connectivity index (χ3v) is 6.56. The molecule has 1 aliphatic carbocycles. The van der Waals surface area contributed by atoms with Crippen LogP contribution in [0.3, 0.4) is 0 Å². The summed E-state index contributed by atoms with van der Waals surface area (Å²) in [6.07, 6.45) is 12.7. The smallest absolute Gasteiger partial charge is 0.0991 e. The summed E-state index contributed by atoms with van der Waals surface area (Å²) in [6.45, 7) is 6.77. The summed E-state index contributed by atoms with van der Waals surface area (Å²) in [6, 6.07) is 15.8. The Bertz CT molecular complexity index is 828. The molecule has 1 aliphatic rings. The first-order valence-electron chi connectivity index (χ1n) is 11.3. The van der Waals surface area contributed by atoms with Crippen LogP contribution in [0.5, 0.6) is 0 Å². The molecule has 0 bridgehead atoms. The van der Waals surface area contributed by atoms with Crippen LogP contribution in [0, 0.1) is 18.3 Å². The van der Waals surface area contributed by atoms with Gasteiger partial charge < -0.3 is 0 Å². The lowest BCUT2D eigenvalue weighted by Crippen LogP contribution is -2.25. The zero-order chi connectivity index (χ0) is 20.0. The third kappa shape index (κ3) is 4.02. The Morgan fingerprint density at radius 1 is 0.750 bits per heavy atom. The fourth-order valence-electron chi connectivity index (χ4n) is 5.05. The summed E-state index contributed by atoms with van der Waals surface area (Å²) in [7, 11) is 0. The van der Waals surface area contributed by atoms with Gasteiger partial charge in [0, 0.05) is 5.41 Å². The summed E-state index contributed by atoms with van der Waals surface area (Å²) < 4.78 is 0. The molecular weight excluding hydrogens is 338 g/mol. The number of unbranched alkanes of at least 4 members (excludes halogenated alkanes) is 6. The van der Waals surface area contributed by atoms with Crippen LogP contribution >= 0.6 is 0 Å². The van der Waals surface area contributed by atoms with Gasteiger partial charge in [0.2, 0.25) is 0 Å². The fraction of sp³-hybridized carbons (Fsp3) is 0.519. The highest BCUT2D eigenvalue weighted by Gasteiger charge is 2.42. The van der Waals surface area contributed by atoms with Crippen LogP contribution in [0.2, 0.25) is 0 Å². The molecule has 0 N–H and O–H groups in total. The van der Waals surface area contributed by atoms with Gasteiger partial charge in [-0.15, -0.1) is 0 Å². The van der Waals surface area contributed by atoms with E-state index in [1.54, 1.807) is 0 Å². The van der Waals surface area contributed by atoms with Crippen LogP contribution in [0.4, 0.5) is 0 Å². The third-order valence-electron chi connectivity index (χ3n) is 6.56. The van der Waals surface area contributed by atoms with Crippen molar-refractivity contribution in [2.75, 3.05) is 0 Å². The van der Waals surface area contributed by atoms with Gasteiger partial charge in [0.05, 0.1) is 11.6 Å². The molecule has 148 valence electrons. The Morgan fingerprint density at radius 2 is 1.32 bits per heavy atom. The van der Waals surface area contributed by atoms with Crippen LogP contribution in [0.25, 0.3) is 11.1 Å². The van der Waals surface area contributed by atoms with E-state index in [0.29, 0.717) is 0 Å². The first kappa shape index (κ1) is 20.7. The van der Waals surface area contributed by atoms with Crippen molar-refractivity contribution in [2.45, 2.75) is 90.4 Å². The summed E-state index contributed by atoms with van der Waals surface area (Å²) >= 11 is 0. The molecule has 0 aromatic heterocycles. The van der Waals surface area contributed by atoms with Crippen LogP contribution in [0.1, 0.15) is 100 Å². The maximum absolute atomic E-state index is 9.54. The monoisotopic (exact) mass is 373 g/mol. The minimum absolute atomic E-state index is 0.0883. The SMILES string of the molecule is CCCCCCC1(CCCCCC)c2cc(C)ccc2-c2ccc(C#N)cc21. The normalized spacial score (nSPS) is 13.8. The van der Waals surface area contributed by atoms with Crippen molar-refractivity contribution in [3.63, 3.8) is 0 Å². The zero-order valence-electron chi connectivity index (χ0n) is 18.0. The minimum atomic E-state index is 0.0883. The van der Waals surface area contributed by atoms with E-state index in [0.717, 1.165) is 5.56 Å². The molecule has 0 heterocycles. The molecule has 28 heavy (non-hydrogen) atoms. The molecule has 2 aromatic rings. The number of hydrogen-bond acceptors (Lipinski definition) is 1. The zero-order valence-corrected chi connectivity index (χ0v) is 18.0. The van der Waals surface area contributed by atoms with E-state index in [1.165, 1.54) is 92.0 Å².